The smallest absolute Gasteiger partial charge is 0.134 e. The summed E-state index contributed by atoms with van der Waals surface area (Å²) in [6.07, 6.45) is 1.82. The van der Waals surface area contributed by atoms with Crippen molar-refractivity contribution in [3.63, 3.8) is 0 Å². The number of halogens is 1. The molecule has 0 saturated carbocycles. The number of anilines is 1. The first-order chi connectivity index (χ1) is 13.3. The third kappa shape index (κ3) is 4.02. The maximum Gasteiger partial charge on any atom is 0.134 e. The standard InChI is InChI=1S/C24H19ClN2/c25-21-15-13-20(14-16-21)23(19-10-5-2-6-11-19)27-24-22(12-7-17-26-24)18-8-3-1-4-9-18/h1-17,23H,(H,26,27). The summed E-state index contributed by atoms with van der Waals surface area (Å²) in [5.74, 6) is 0.854. The van der Waals surface area contributed by atoms with Crippen LogP contribution in [0.15, 0.2) is 103 Å². The highest BCUT2D eigenvalue weighted by molar-refractivity contribution is 6.30. The molecule has 0 aliphatic rings. The van der Waals surface area contributed by atoms with E-state index in [4.69, 9.17) is 11.6 Å². The molecule has 0 spiro atoms. The summed E-state index contributed by atoms with van der Waals surface area (Å²) < 4.78 is 0. The molecule has 1 atom stereocenters. The maximum absolute atomic E-state index is 6.10. The minimum Gasteiger partial charge on any atom is -0.359 e. The van der Waals surface area contributed by atoms with Crippen LogP contribution in [0.4, 0.5) is 5.82 Å². The van der Waals surface area contributed by atoms with Crippen LogP contribution in [0.2, 0.25) is 5.02 Å². The maximum atomic E-state index is 6.10. The minimum absolute atomic E-state index is 0.0270. The zero-order valence-corrected chi connectivity index (χ0v) is 15.5. The van der Waals surface area contributed by atoms with Gasteiger partial charge < -0.3 is 5.32 Å². The third-order valence-electron chi connectivity index (χ3n) is 4.51. The van der Waals surface area contributed by atoms with Gasteiger partial charge in [-0.05, 0) is 41.0 Å². The molecule has 3 aromatic carbocycles. The van der Waals surface area contributed by atoms with Crippen LogP contribution in [0.3, 0.4) is 0 Å². The van der Waals surface area contributed by atoms with E-state index in [1.165, 1.54) is 5.56 Å². The molecule has 4 rings (SSSR count). The van der Waals surface area contributed by atoms with Gasteiger partial charge in [0, 0.05) is 16.8 Å². The van der Waals surface area contributed by atoms with Crippen LogP contribution in [-0.4, -0.2) is 4.98 Å². The van der Waals surface area contributed by atoms with Crippen molar-refractivity contribution in [2.24, 2.45) is 0 Å². The molecule has 132 valence electrons. The fraction of sp³-hybridized carbons (Fsp3) is 0.0417. The topological polar surface area (TPSA) is 24.9 Å². The zero-order chi connectivity index (χ0) is 18.5. The van der Waals surface area contributed by atoms with Gasteiger partial charge in [0.05, 0.1) is 6.04 Å². The van der Waals surface area contributed by atoms with Crippen molar-refractivity contribution >= 4 is 17.4 Å². The minimum atomic E-state index is -0.0270. The predicted molar refractivity (Wildman–Crippen MR) is 113 cm³/mol. The summed E-state index contributed by atoms with van der Waals surface area (Å²) in [5, 5.41) is 4.37. The highest BCUT2D eigenvalue weighted by atomic mass is 35.5. The lowest BCUT2D eigenvalue weighted by molar-refractivity contribution is 0.927. The fourth-order valence-electron chi connectivity index (χ4n) is 3.17. The molecule has 0 aliphatic heterocycles. The van der Waals surface area contributed by atoms with Gasteiger partial charge in [0.1, 0.15) is 5.82 Å². The number of nitrogens with zero attached hydrogens (tertiary/aromatic N) is 1. The molecule has 1 unspecified atom stereocenters. The van der Waals surface area contributed by atoms with E-state index in [1.54, 1.807) is 0 Å². The molecule has 1 aromatic heterocycles. The number of hydrogen-bond acceptors (Lipinski definition) is 2. The molecule has 0 amide bonds. The van der Waals surface area contributed by atoms with Gasteiger partial charge in [0.2, 0.25) is 0 Å². The zero-order valence-electron chi connectivity index (χ0n) is 14.7. The van der Waals surface area contributed by atoms with E-state index in [2.05, 4.69) is 64.9 Å². The Morgan fingerprint density at radius 2 is 1.30 bits per heavy atom. The summed E-state index contributed by atoms with van der Waals surface area (Å²) in [7, 11) is 0. The van der Waals surface area contributed by atoms with Gasteiger partial charge >= 0.3 is 0 Å². The first-order valence-electron chi connectivity index (χ1n) is 8.88. The predicted octanol–water partition coefficient (Wildman–Crippen LogP) is 6.60. The average Bonchev–Trinajstić information content (AvgIpc) is 2.74. The Kier molecular flexibility index (Phi) is 5.17. The van der Waals surface area contributed by atoms with Gasteiger partial charge in [0.15, 0.2) is 0 Å². The molecule has 0 radical (unpaired) electrons. The van der Waals surface area contributed by atoms with Crippen LogP contribution in [0, 0.1) is 0 Å². The quantitative estimate of drug-likeness (QED) is 0.428. The Balaban J connectivity index is 1.76. The molecule has 0 saturated heterocycles. The molecule has 1 N–H and O–H groups in total. The van der Waals surface area contributed by atoms with E-state index in [0.717, 1.165) is 27.5 Å². The second-order valence-electron chi connectivity index (χ2n) is 6.31. The van der Waals surface area contributed by atoms with Crippen LogP contribution >= 0.6 is 11.6 Å². The highest BCUT2D eigenvalue weighted by Crippen LogP contribution is 2.32. The van der Waals surface area contributed by atoms with Crippen molar-refractivity contribution in [2.45, 2.75) is 6.04 Å². The Morgan fingerprint density at radius 1 is 0.667 bits per heavy atom. The van der Waals surface area contributed by atoms with Gasteiger partial charge in [0.25, 0.3) is 0 Å². The van der Waals surface area contributed by atoms with Crippen molar-refractivity contribution in [1.82, 2.24) is 4.98 Å². The van der Waals surface area contributed by atoms with Gasteiger partial charge in [-0.15, -0.1) is 0 Å². The number of hydrogen-bond donors (Lipinski definition) is 1. The summed E-state index contributed by atoms with van der Waals surface area (Å²) in [5.41, 5.74) is 4.52. The summed E-state index contributed by atoms with van der Waals surface area (Å²) >= 11 is 6.10. The Morgan fingerprint density at radius 3 is 2.00 bits per heavy atom. The third-order valence-corrected chi connectivity index (χ3v) is 4.76. The second kappa shape index (κ2) is 8.07. The van der Waals surface area contributed by atoms with Crippen LogP contribution in [0.5, 0.6) is 0 Å². The largest absolute Gasteiger partial charge is 0.359 e. The highest BCUT2D eigenvalue weighted by Gasteiger charge is 2.16. The van der Waals surface area contributed by atoms with Crippen LogP contribution in [-0.2, 0) is 0 Å². The van der Waals surface area contributed by atoms with Crippen molar-refractivity contribution in [3.05, 3.63) is 119 Å². The Hall–Kier alpha value is -3.10. The van der Waals surface area contributed by atoms with E-state index in [9.17, 15) is 0 Å². The molecular weight excluding hydrogens is 352 g/mol. The van der Waals surface area contributed by atoms with E-state index in [-0.39, 0.29) is 6.04 Å². The fourth-order valence-corrected chi connectivity index (χ4v) is 3.29. The van der Waals surface area contributed by atoms with Crippen molar-refractivity contribution in [3.8, 4) is 11.1 Å². The molecular formula is C24H19ClN2. The lowest BCUT2D eigenvalue weighted by Crippen LogP contribution is -2.14. The lowest BCUT2D eigenvalue weighted by Gasteiger charge is -2.22. The first kappa shape index (κ1) is 17.3. The number of nitrogens with one attached hydrogen (secondary N) is 1. The van der Waals surface area contributed by atoms with Gasteiger partial charge in [-0.1, -0.05) is 84.4 Å². The van der Waals surface area contributed by atoms with Crippen molar-refractivity contribution < 1.29 is 0 Å². The first-order valence-corrected chi connectivity index (χ1v) is 9.26. The number of aromatic nitrogens is 1. The second-order valence-corrected chi connectivity index (χ2v) is 6.74. The van der Waals surface area contributed by atoms with Crippen LogP contribution in [0.25, 0.3) is 11.1 Å². The normalized spacial score (nSPS) is 11.7. The van der Waals surface area contributed by atoms with Gasteiger partial charge in [-0.25, -0.2) is 4.98 Å². The van der Waals surface area contributed by atoms with E-state index < -0.39 is 0 Å². The lowest BCUT2D eigenvalue weighted by atomic mass is 9.98. The van der Waals surface area contributed by atoms with E-state index in [0.29, 0.717) is 0 Å². The Bertz CT molecular complexity index is 999. The number of rotatable bonds is 5. The van der Waals surface area contributed by atoms with Gasteiger partial charge in [-0.2, -0.15) is 0 Å². The van der Waals surface area contributed by atoms with E-state index in [1.807, 2.05) is 48.7 Å². The van der Waals surface area contributed by atoms with Crippen molar-refractivity contribution in [1.29, 1.82) is 0 Å². The summed E-state index contributed by atoms with van der Waals surface area (Å²) in [6.45, 7) is 0. The molecule has 2 nitrogen and oxygen atoms in total. The molecule has 3 heteroatoms. The number of benzene rings is 3. The molecule has 4 aromatic rings. The molecule has 1 heterocycles. The monoisotopic (exact) mass is 370 g/mol. The molecule has 0 aliphatic carbocycles. The molecule has 0 bridgehead atoms. The van der Waals surface area contributed by atoms with Crippen molar-refractivity contribution in [2.75, 3.05) is 5.32 Å². The van der Waals surface area contributed by atoms with Crippen LogP contribution in [0.1, 0.15) is 17.2 Å². The molecule has 27 heavy (non-hydrogen) atoms. The summed E-state index contributed by atoms with van der Waals surface area (Å²) in [4.78, 5) is 4.63. The average molecular weight is 371 g/mol. The Labute approximate surface area is 164 Å². The number of pyridine rings is 1. The SMILES string of the molecule is Clc1ccc(C(Nc2ncccc2-c2ccccc2)c2ccccc2)cc1. The van der Waals surface area contributed by atoms with Gasteiger partial charge in [-0.3, -0.25) is 0 Å². The van der Waals surface area contributed by atoms with E-state index >= 15 is 0 Å². The summed E-state index contributed by atoms with van der Waals surface area (Å²) in [6, 6.07) is 32.7. The van der Waals surface area contributed by atoms with Crippen LogP contribution < -0.4 is 5.32 Å². The molecule has 0 fully saturated rings.